The van der Waals surface area contributed by atoms with Crippen LogP contribution in [0.3, 0.4) is 0 Å². The molecule has 0 heterocycles. The van der Waals surface area contributed by atoms with Crippen LogP contribution in [0.1, 0.15) is 19.8 Å². The molecule has 0 aliphatic heterocycles. The molecule has 94 valence electrons. The summed E-state index contributed by atoms with van der Waals surface area (Å²) in [4.78, 5) is 0. The minimum absolute atomic E-state index is 0.168. The minimum Gasteiger partial charge on any atom is -0.488 e. The molecule has 1 aromatic rings. The molecule has 0 bridgehead atoms. The lowest BCUT2D eigenvalue weighted by molar-refractivity contribution is -0.0887. The lowest BCUT2D eigenvalue weighted by Gasteiger charge is -2.43. The summed E-state index contributed by atoms with van der Waals surface area (Å²) in [6, 6.07) is 10.4. The van der Waals surface area contributed by atoms with E-state index >= 15 is 0 Å². The molecule has 17 heavy (non-hydrogen) atoms. The third-order valence-electron chi connectivity index (χ3n) is 3.21. The highest BCUT2D eigenvalue weighted by Crippen LogP contribution is 2.28. The predicted octanol–water partition coefficient (Wildman–Crippen LogP) is 2.22. The molecule has 0 amide bonds. The summed E-state index contributed by atoms with van der Waals surface area (Å²) in [5.41, 5.74) is 0. The number of rotatable bonds is 6. The summed E-state index contributed by atoms with van der Waals surface area (Å²) in [5.74, 6) is 0.925. The number of hydrogen-bond donors (Lipinski definition) is 1. The van der Waals surface area contributed by atoms with E-state index in [1.165, 1.54) is 0 Å². The maximum absolute atomic E-state index is 5.90. The summed E-state index contributed by atoms with van der Waals surface area (Å²) >= 11 is 0. The number of nitrogens with one attached hydrogen (secondary N) is 1. The van der Waals surface area contributed by atoms with E-state index < -0.39 is 0 Å². The third-order valence-corrected chi connectivity index (χ3v) is 3.21. The second-order valence-electron chi connectivity index (χ2n) is 4.47. The second-order valence-corrected chi connectivity index (χ2v) is 4.47. The van der Waals surface area contributed by atoms with Crippen molar-refractivity contribution in [2.75, 3.05) is 13.7 Å². The van der Waals surface area contributed by atoms with Gasteiger partial charge in [0.1, 0.15) is 18.0 Å². The standard InChI is InChI=1S/C14H21NO2/c1-3-9-15-12-10-13(14(12)16-2)17-11-7-5-4-6-8-11/h4-8,12-15H,3,9-10H2,1-2H3. The van der Waals surface area contributed by atoms with Gasteiger partial charge in [-0.25, -0.2) is 0 Å². The monoisotopic (exact) mass is 235 g/mol. The smallest absolute Gasteiger partial charge is 0.128 e. The van der Waals surface area contributed by atoms with Crippen LogP contribution in [-0.4, -0.2) is 31.9 Å². The van der Waals surface area contributed by atoms with Gasteiger partial charge in [0, 0.05) is 19.6 Å². The van der Waals surface area contributed by atoms with Gasteiger partial charge in [0.15, 0.2) is 0 Å². The van der Waals surface area contributed by atoms with E-state index in [9.17, 15) is 0 Å². The fourth-order valence-corrected chi connectivity index (χ4v) is 2.22. The molecule has 3 nitrogen and oxygen atoms in total. The van der Waals surface area contributed by atoms with Gasteiger partial charge in [-0.3, -0.25) is 0 Å². The van der Waals surface area contributed by atoms with Gasteiger partial charge >= 0.3 is 0 Å². The topological polar surface area (TPSA) is 30.5 Å². The van der Waals surface area contributed by atoms with Crippen molar-refractivity contribution >= 4 is 0 Å². The molecule has 0 spiro atoms. The van der Waals surface area contributed by atoms with E-state index in [4.69, 9.17) is 9.47 Å². The number of ether oxygens (including phenoxy) is 2. The molecular formula is C14H21NO2. The highest BCUT2D eigenvalue weighted by molar-refractivity contribution is 5.22. The number of benzene rings is 1. The highest BCUT2D eigenvalue weighted by atomic mass is 16.5. The SMILES string of the molecule is CCCNC1CC(Oc2ccccc2)C1OC. The van der Waals surface area contributed by atoms with Gasteiger partial charge in [-0.2, -0.15) is 0 Å². The van der Waals surface area contributed by atoms with E-state index in [0.717, 1.165) is 25.1 Å². The van der Waals surface area contributed by atoms with Crippen molar-refractivity contribution in [3.63, 3.8) is 0 Å². The molecule has 1 fully saturated rings. The average molecular weight is 235 g/mol. The van der Waals surface area contributed by atoms with Crippen LogP contribution in [0.2, 0.25) is 0 Å². The van der Waals surface area contributed by atoms with E-state index in [1.54, 1.807) is 7.11 Å². The molecule has 1 saturated carbocycles. The molecule has 1 aliphatic carbocycles. The van der Waals surface area contributed by atoms with Crippen LogP contribution >= 0.6 is 0 Å². The van der Waals surface area contributed by atoms with Crippen LogP contribution in [0.5, 0.6) is 5.75 Å². The highest BCUT2D eigenvalue weighted by Gasteiger charge is 2.42. The molecule has 1 aromatic carbocycles. The van der Waals surface area contributed by atoms with Crippen LogP contribution in [-0.2, 0) is 4.74 Å². The van der Waals surface area contributed by atoms with Crippen LogP contribution < -0.4 is 10.1 Å². The van der Waals surface area contributed by atoms with Crippen LogP contribution in [0.15, 0.2) is 30.3 Å². The van der Waals surface area contributed by atoms with Crippen molar-refractivity contribution in [3.05, 3.63) is 30.3 Å². The summed E-state index contributed by atoms with van der Waals surface area (Å²) in [7, 11) is 1.76. The molecule has 0 radical (unpaired) electrons. The van der Waals surface area contributed by atoms with Gasteiger partial charge in [0.2, 0.25) is 0 Å². The molecule has 3 unspecified atom stereocenters. The zero-order valence-electron chi connectivity index (χ0n) is 10.6. The van der Waals surface area contributed by atoms with Crippen molar-refractivity contribution in [2.45, 2.75) is 38.0 Å². The summed E-state index contributed by atoms with van der Waals surface area (Å²) < 4.78 is 11.4. The van der Waals surface area contributed by atoms with Crippen LogP contribution in [0.25, 0.3) is 0 Å². The summed E-state index contributed by atoms with van der Waals surface area (Å²) in [6.07, 6.45) is 2.52. The van der Waals surface area contributed by atoms with E-state index in [2.05, 4.69) is 12.2 Å². The zero-order chi connectivity index (χ0) is 12.1. The fourth-order valence-electron chi connectivity index (χ4n) is 2.22. The van der Waals surface area contributed by atoms with Gasteiger partial charge in [0.05, 0.1) is 0 Å². The Bertz CT molecular complexity index is 328. The van der Waals surface area contributed by atoms with Crippen molar-refractivity contribution in [1.82, 2.24) is 5.32 Å². The van der Waals surface area contributed by atoms with Gasteiger partial charge in [-0.1, -0.05) is 25.1 Å². The number of hydrogen-bond acceptors (Lipinski definition) is 3. The molecule has 3 atom stereocenters. The Morgan fingerprint density at radius 3 is 2.71 bits per heavy atom. The van der Waals surface area contributed by atoms with Crippen LogP contribution in [0, 0.1) is 0 Å². The number of para-hydroxylation sites is 1. The van der Waals surface area contributed by atoms with Gasteiger partial charge in [-0.05, 0) is 25.1 Å². The van der Waals surface area contributed by atoms with Crippen molar-refractivity contribution in [1.29, 1.82) is 0 Å². The molecule has 3 heteroatoms. The average Bonchev–Trinajstić information content (AvgIpc) is 2.34. The van der Waals surface area contributed by atoms with E-state index in [1.807, 2.05) is 30.3 Å². The maximum Gasteiger partial charge on any atom is 0.128 e. The second kappa shape index (κ2) is 6.03. The van der Waals surface area contributed by atoms with Gasteiger partial charge < -0.3 is 14.8 Å². The fraction of sp³-hybridized carbons (Fsp3) is 0.571. The maximum atomic E-state index is 5.90. The Morgan fingerprint density at radius 2 is 2.06 bits per heavy atom. The molecule has 0 aromatic heterocycles. The lowest BCUT2D eigenvalue weighted by atomic mass is 9.85. The van der Waals surface area contributed by atoms with E-state index in [-0.39, 0.29) is 12.2 Å². The third kappa shape index (κ3) is 2.99. The molecule has 1 aliphatic rings. The first-order chi connectivity index (χ1) is 8.35. The zero-order valence-corrected chi connectivity index (χ0v) is 10.6. The lowest BCUT2D eigenvalue weighted by Crippen LogP contribution is -2.61. The molecular weight excluding hydrogens is 214 g/mol. The Kier molecular flexibility index (Phi) is 4.40. The first kappa shape index (κ1) is 12.4. The van der Waals surface area contributed by atoms with Crippen molar-refractivity contribution < 1.29 is 9.47 Å². The summed E-state index contributed by atoms with van der Waals surface area (Å²) in [6.45, 7) is 3.22. The Morgan fingerprint density at radius 1 is 1.29 bits per heavy atom. The van der Waals surface area contributed by atoms with Crippen LogP contribution in [0.4, 0.5) is 0 Å². The molecule has 2 rings (SSSR count). The predicted molar refractivity (Wildman–Crippen MR) is 68.4 cm³/mol. The van der Waals surface area contributed by atoms with Crippen molar-refractivity contribution in [3.8, 4) is 5.75 Å². The minimum atomic E-state index is 0.168. The van der Waals surface area contributed by atoms with Gasteiger partial charge in [0.25, 0.3) is 0 Å². The summed E-state index contributed by atoms with van der Waals surface area (Å²) in [5, 5.41) is 3.48. The van der Waals surface area contributed by atoms with E-state index in [0.29, 0.717) is 6.04 Å². The Hall–Kier alpha value is -1.06. The molecule has 0 saturated heterocycles. The number of methoxy groups -OCH3 is 1. The Labute approximate surface area is 103 Å². The molecule has 1 N–H and O–H groups in total. The first-order valence-corrected chi connectivity index (χ1v) is 6.33. The normalized spacial score (nSPS) is 27.5. The quantitative estimate of drug-likeness (QED) is 0.820. The Balaban J connectivity index is 1.83. The largest absolute Gasteiger partial charge is 0.488 e. The van der Waals surface area contributed by atoms with Crippen molar-refractivity contribution in [2.24, 2.45) is 0 Å². The van der Waals surface area contributed by atoms with Gasteiger partial charge in [-0.15, -0.1) is 0 Å². The first-order valence-electron chi connectivity index (χ1n) is 6.33.